The van der Waals surface area contributed by atoms with Crippen LogP contribution in [0.1, 0.15) is 15.9 Å². The van der Waals surface area contributed by atoms with Crippen LogP contribution in [0, 0.1) is 12.7 Å². The highest BCUT2D eigenvalue weighted by Crippen LogP contribution is 2.20. The van der Waals surface area contributed by atoms with Crippen LogP contribution in [-0.4, -0.2) is 47.5 Å². The largest absolute Gasteiger partial charge is 0.406 e. The van der Waals surface area contributed by atoms with E-state index in [1.165, 1.54) is 12.1 Å². The Hall–Kier alpha value is -2.12. The van der Waals surface area contributed by atoms with Crippen LogP contribution in [0.2, 0.25) is 0 Å². The standard InChI is InChI=1S/C13H12F4N2O2/c1-8-2-9(4-10(14)3-8)12(21)18-5-11(20)19(7-18)6-13(15,16)17/h2-4H,5-7H2,1H3. The smallest absolute Gasteiger partial charge is 0.314 e. The summed E-state index contributed by atoms with van der Waals surface area (Å²) in [5, 5.41) is 0. The van der Waals surface area contributed by atoms with Crippen molar-refractivity contribution in [1.82, 2.24) is 9.80 Å². The molecule has 1 heterocycles. The predicted molar refractivity (Wildman–Crippen MR) is 64.8 cm³/mol. The van der Waals surface area contributed by atoms with Crippen molar-refractivity contribution >= 4 is 11.8 Å². The Bertz CT molecular complexity index is 566. The first kappa shape index (κ1) is 15.3. The van der Waals surface area contributed by atoms with Gasteiger partial charge in [-0.25, -0.2) is 4.39 Å². The van der Waals surface area contributed by atoms with E-state index in [-0.39, 0.29) is 5.56 Å². The minimum absolute atomic E-state index is 0.00848. The maximum Gasteiger partial charge on any atom is 0.406 e. The van der Waals surface area contributed by atoms with E-state index in [1.807, 2.05) is 0 Å². The van der Waals surface area contributed by atoms with Crippen LogP contribution in [0.3, 0.4) is 0 Å². The van der Waals surface area contributed by atoms with Crippen LogP contribution in [0.4, 0.5) is 17.6 Å². The summed E-state index contributed by atoms with van der Waals surface area (Å²) in [6, 6.07) is 3.64. The quantitative estimate of drug-likeness (QED) is 0.784. The minimum Gasteiger partial charge on any atom is -0.314 e. The first-order valence-electron chi connectivity index (χ1n) is 6.07. The first-order chi connectivity index (χ1) is 9.65. The van der Waals surface area contributed by atoms with Crippen LogP contribution < -0.4 is 0 Å². The fraction of sp³-hybridized carbons (Fsp3) is 0.385. The van der Waals surface area contributed by atoms with Crippen molar-refractivity contribution in [2.45, 2.75) is 13.1 Å². The highest BCUT2D eigenvalue weighted by Gasteiger charge is 2.39. The molecule has 0 radical (unpaired) electrons. The lowest BCUT2D eigenvalue weighted by Gasteiger charge is -2.19. The zero-order valence-electron chi connectivity index (χ0n) is 11.1. The molecule has 0 aromatic heterocycles. The molecular weight excluding hydrogens is 292 g/mol. The van der Waals surface area contributed by atoms with Gasteiger partial charge in [0.05, 0.1) is 6.67 Å². The van der Waals surface area contributed by atoms with Gasteiger partial charge in [-0.3, -0.25) is 9.59 Å². The van der Waals surface area contributed by atoms with Crippen molar-refractivity contribution < 1.29 is 27.2 Å². The van der Waals surface area contributed by atoms with Gasteiger partial charge in [0.2, 0.25) is 5.91 Å². The molecule has 0 saturated carbocycles. The number of carbonyl (C=O) groups is 2. The molecule has 0 unspecified atom stereocenters. The molecule has 2 rings (SSSR count). The van der Waals surface area contributed by atoms with Crippen molar-refractivity contribution in [2.75, 3.05) is 19.8 Å². The van der Waals surface area contributed by atoms with Gasteiger partial charge in [0, 0.05) is 5.56 Å². The Morgan fingerprint density at radius 1 is 1.29 bits per heavy atom. The molecule has 8 heteroatoms. The SMILES string of the molecule is Cc1cc(F)cc(C(=O)N2CC(=O)N(CC(F)(F)F)C2)c1. The third-order valence-corrected chi connectivity index (χ3v) is 2.97. The summed E-state index contributed by atoms with van der Waals surface area (Å²) < 4.78 is 50.1. The highest BCUT2D eigenvalue weighted by molar-refractivity contribution is 5.98. The summed E-state index contributed by atoms with van der Waals surface area (Å²) in [4.78, 5) is 25.1. The Balaban J connectivity index is 2.13. The number of amides is 2. The number of benzene rings is 1. The Morgan fingerprint density at radius 3 is 2.52 bits per heavy atom. The zero-order chi connectivity index (χ0) is 15.8. The topological polar surface area (TPSA) is 40.6 Å². The molecule has 0 bridgehead atoms. The highest BCUT2D eigenvalue weighted by atomic mass is 19.4. The molecule has 1 aliphatic rings. The first-order valence-corrected chi connectivity index (χ1v) is 6.07. The summed E-state index contributed by atoms with van der Waals surface area (Å²) in [5.74, 6) is -2.07. The average molecular weight is 304 g/mol. The fourth-order valence-electron chi connectivity index (χ4n) is 2.13. The summed E-state index contributed by atoms with van der Waals surface area (Å²) in [6.45, 7) is -0.708. The summed E-state index contributed by atoms with van der Waals surface area (Å²) in [6.07, 6.45) is -4.52. The molecule has 1 saturated heterocycles. The van der Waals surface area contributed by atoms with Crippen molar-refractivity contribution in [3.63, 3.8) is 0 Å². The van der Waals surface area contributed by atoms with Crippen LogP contribution in [0.5, 0.6) is 0 Å². The van der Waals surface area contributed by atoms with Crippen molar-refractivity contribution in [2.24, 2.45) is 0 Å². The third-order valence-electron chi connectivity index (χ3n) is 2.97. The number of rotatable bonds is 2. The molecule has 4 nitrogen and oxygen atoms in total. The monoisotopic (exact) mass is 304 g/mol. The molecule has 0 spiro atoms. The number of halogens is 4. The number of aryl methyl sites for hydroxylation is 1. The van der Waals surface area contributed by atoms with Gasteiger partial charge in [-0.15, -0.1) is 0 Å². The van der Waals surface area contributed by atoms with E-state index in [1.54, 1.807) is 6.92 Å². The molecule has 1 aromatic rings. The van der Waals surface area contributed by atoms with Gasteiger partial charge >= 0.3 is 6.18 Å². The number of alkyl halides is 3. The van der Waals surface area contributed by atoms with Gasteiger partial charge in [0.25, 0.3) is 5.91 Å². The van der Waals surface area contributed by atoms with Crippen LogP contribution in [-0.2, 0) is 4.79 Å². The minimum atomic E-state index is -4.52. The van der Waals surface area contributed by atoms with Gasteiger partial charge in [-0.05, 0) is 30.7 Å². The Morgan fingerprint density at radius 2 is 1.95 bits per heavy atom. The normalized spacial score (nSPS) is 15.8. The van der Waals surface area contributed by atoms with Gasteiger partial charge < -0.3 is 9.80 Å². The van der Waals surface area contributed by atoms with Crippen LogP contribution in [0.25, 0.3) is 0 Å². The lowest BCUT2D eigenvalue weighted by atomic mass is 10.1. The molecule has 21 heavy (non-hydrogen) atoms. The van der Waals surface area contributed by atoms with E-state index in [9.17, 15) is 27.2 Å². The van der Waals surface area contributed by atoms with E-state index in [2.05, 4.69) is 0 Å². The molecule has 1 aliphatic heterocycles. The molecule has 0 aliphatic carbocycles. The fourth-order valence-corrected chi connectivity index (χ4v) is 2.13. The molecule has 1 fully saturated rings. The van der Waals surface area contributed by atoms with Crippen molar-refractivity contribution in [3.8, 4) is 0 Å². The summed E-state index contributed by atoms with van der Waals surface area (Å²) >= 11 is 0. The van der Waals surface area contributed by atoms with Crippen molar-refractivity contribution in [1.29, 1.82) is 0 Å². The van der Waals surface area contributed by atoms with Gasteiger partial charge in [-0.1, -0.05) is 0 Å². The average Bonchev–Trinajstić information content (AvgIpc) is 2.66. The number of hydrogen-bond acceptors (Lipinski definition) is 2. The van der Waals surface area contributed by atoms with Crippen LogP contribution >= 0.6 is 0 Å². The number of hydrogen-bond donors (Lipinski definition) is 0. The lowest BCUT2D eigenvalue weighted by Crippen LogP contribution is -2.37. The Labute approximate surface area is 117 Å². The molecule has 2 amide bonds. The van der Waals surface area contributed by atoms with E-state index in [4.69, 9.17) is 0 Å². The van der Waals surface area contributed by atoms with Crippen molar-refractivity contribution in [3.05, 3.63) is 35.1 Å². The van der Waals surface area contributed by atoms with Crippen LogP contribution in [0.15, 0.2) is 18.2 Å². The zero-order valence-corrected chi connectivity index (χ0v) is 11.1. The van der Waals surface area contributed by atoms with E-state index in [0.717, 1.165) is 11.0 Å². The lowest BCUT2D eigenvalue weighted by molar-refractivity contribution is -0.157. The predicted octanol–water partition coefficient (Wildman–Crippen LogP) is 1.94. The third kappa shape index (κ3) is 3.71. The van der Waals surface area contributed by atoms with Gasteiger partial charge in [-0.2, -0.15) is 13.2 Å². The second-order valence-corrected chi connectivity index (χ2v) is 4.87. The molecule has 114 valence electrons. The second-order valence-electron chi connectivity index (χ2n) is 4.87. The van der Waals surface area contributed by atoms with E-state index in [0.29, 0.717) is 10.5 Å². The number of carbonyl (C=O) groups excluding carboxylic acids is 2. The van der Waals surface area contributed by atoms with E-state index < -0.39 is 43.6 Å². The maximum absolute atomic E-state index is 13.3. The van der Waals surface area contributed by atoms with Gasteiger partial charge in [0.1, 0.15) is 18.9 Å². The summed E-state index contributed by atoms with van der Waals surface area (Å²) in [7, 11) is 0. The summed E-state index contributed by atoms with van der Waals surface area (Å²) in [5.41, 5.74) is 0.519. The molecule has 0 N–H and O–H groups in total. The second kappa shape index (κ2) is 5.34. The molecule has 1 aromatic carbocycles. The van der Waals surface area contributed by atoms with Gasteiger partial charge in [0.15, 0.2) is 0 Å². The van der Waals surface area contributed by atoms with E-state index >= 15 is 0 Å². The molecule has 0 atom stereocenters. The number of nitrogens with zero attached hydrogens (tertiary/aromatic N) is 2. The Kier molecular flexibility index (Phi) is 3.89. The maximum atomic E-state index is 13.3. The molecular formula is C13H12F4N2O2.